The lowest BCUT2D eigenvalue weighted by Gasteiger charge is -2.09. The molecule has 0 aliphatic rings. The zero-order chi connectivity index (χ0) is 14.2. The third kappa shape index (κ3) is 4.12. The summed E-state index contributed by atoms with van der Waals surface area (Å²) in [6.07, 6.45) is 6.66. The maximum Gasteiger partial charge on any atom is 0.224 e. The van der Waals surface area contributed by atoms with E-state index in [1.807, 2.05) is 35.0 Å². The van der Waals surface area contributed by atoms with Crippen LogP contribution in [0, 0.1) is 0 Å². The largest absolute Gasteiger partial charge is 0.496 e. The summed E-state index contributed by atoms with van der Waals surface area (Å²) in [5.41, 5.74) is 0.905. The van der Waals surface area contributed by atoms with E-state index < -0.39 is 0 Å². The normalized spacial score (nSPS) is 10.2. The van der Waals surface area contributed by atoms with E-state index in [2.05, 4.69) is 10.3 Å². The molecular weight excluding hydrogens is 254 g/mol. The second kappa shape index (κ2) is 7.33. The molecule has 0 bridgehead atoms. The maximum atomic E-state index is 11.9. The summed E-state index contributed by atoms with van der Waals surface area (Å²) >= 11 is 0. The minimum Gasteiger partial charge on any atom is -0.496 e. The highest BCUT2D eigenvalue weighted by molar-refractivity contribution is 5.79. The van der Waals surface area contributed by atoms with Crippen LogP contribution in [-0.4, -0.2) is 29.1 Å². The second-order valence-electron chi connectivity index (χ2n) is 4.49. The van der Waals surface area contributed by atoms with Crippen LogP contribution in [0.25, 0.3) is 0 Å². The van der Waals surface area contributed by atoms with Crippen LogP contribution in [0.2, 0.25) is 0 Å². The number of amides is 1. The summed E-state index contributed by atoms with van der Waals surface area (Å²) < 4.78 is 7.22. The van der Waals surface area contributed by atoms with Gasteiger partial charge in [-0.05, 0) is 12.5 Å². The van der Waals surface area contributed by atoms with Crippen molar-refractivity contribution in [3.8, 4) is 5.75 Å². The minimum atomic E-state index is 0.0140. The van der Waals surface area contributed by atoms with Gasteiger partial charge in [0.1, 0.15) is 5.75 Å². The number of hydrogen-bond donors (Lipinski definition) is 1. The van der Waals surface area contributed by atoms with Crippen LogP contribution in [-0.2, 0) is 17.8 Å². The summed E-state index contributed by atoms with van der Waals surface area (Å²) in [6, 6.07) is 7.57. The highest BCUT2D eigenvalue weighted by Gasteiger charge is 2.07. The molecular formula is C15H19N3O2. The Morgan fingerprint density at radius 3 is 3.00 bits per heavy atom. The molecule has 1 aromatic carbocycles. The molecule has 2 aromatic rings. The number of carbonyl (C=O) groups excluding carboxylic acids is 1. The molecule has 0 spiro atoms. The van der Waals surface area contributed by atoms with Gasteiger partial charge in [0.15, 0.2) is 0 Å². The van der Waals surface area contributed by atoms with E-state index in [4.69, 9.17) is 4.74 Å². The molecule has 0 radical (unpaired) electrons. The third-order valence-corrected chi connectivity index (χ3v) is 3.02. The van der Waals surface area contributed by atoms with E-state index in [1.165, 1.54) is 0 Å². The van der Waals surface area contributed by atoms with E-state index in [1.54, 1.807) is 19.6 Å². The SMILES string of the molecule is COc1ccccc1CC(=O)NCCCn1ccnc1. The monoisotopic (exact) mass is 273 g/mol. The van der Waals surface area contributed by atoms with Crippen LogP contribution in [0.4, 0.5) is 0 Å². The predicted octanol–water partition coefficient (Wildman–Crippen LogP) is 1.64. The number of nitrogens with zero attached hydrogens (tertiary/aromatic N) is 2. The first-order valence-corrected chi connectivity index (χ1v) is 6.64. The Bertz CT molecular complexity index is 538. The van der Waals surface area contributed by atoms with E-state index in [0.717, 1.165) is 24.3 Å². The molecule has 106 valence electrons. The Hall–Kier alpha value is -2.30. The van der Waals surface area contributed by atoms with Crippen LogP contribution >= 0.6 is 0 Å². The number of imidazole rings is 1. The Labute approximate surface area is 118 Å². The van der Waals surface area contributed by atoms with E-state index >= 15 is 0 Å². The Kier molecular flexibility index (Phi) is 5.17. The highest BCUT2D eigenvalue weighted by Crippen LogP contribution is 2.17. The van der Waals surface area contributed by atoms with Crippen LogP contribution in [0.5, 0.6) is 5.75 Å². The number of carbonyl (C=O) groups is 1. The standard InChI is InChI=1S/C15H19N3O2/c1-20-14-6-3-2-5-13(14)11-15(19)17-7-4-9-18-10-8-16-12-18/h2-3,5-6,8,10,12H,4,7,9,11H2,1H3,(H,17,19). The number of benzene rings is 1. The quantitative estimate of drug-likeness (QED) is 0.780. The van der Waals surface area contributed by atoms with Gasteiger partial charge in [0.25, 0.3) is 0 Å². The van der Waals surface area contributed by atoms with Crippen molar-refractivity contribution >= 4 is 5.91 Å². The van der Waals surface area contributed by atoms with Gasteiger partial charge in [0, 0.05) is 31.0 Å². The maximum absolute atomic E-state index is 11.9. The number of para-hydroxylation sites is 1. The fraction of sp³-hybridized carbons (Fsp3) is 0.333. The van der Waals surface area contributed by atoms with E-state index in [-0.39, 0.29) is 5.91 Å². The lowest BCUT2D eigenvalue weighted by Crippen LogP contribution is -2.26. The molecule has 2 rings (SSSR count). The first-order chi connectivity index (χ1) is 9.79. The topological polar surface area (TPSA) is 56.1 Å². The van der Waals surface area contributed by atoms with Crippen molar-refractivity contribution in [3.05, 3.63) is 48.5 Å². The average Bonchev–Trinajstić information content (AvgIpc) is 2.97. The molecule has 0 unspecified atom stereocenters. The number of methoxy groups -OCH3 is 1. The number of ether oxygens (including phenoxy) is 1. The third-order valence-electron chi connectivity index (χ3n) is 3.02. The van der Waals surface area contributed by atoms with E-state index in [0.29, 0.717) is 13.0 Å². The number of aryl methyl sites for hydroxylation is 1. The number of aromatic nitrogens is 2. The number of hydrogen-bond acceptors (Lipinski definition) is 3. The fourth-order valence-electron chi connectivity index (χ4n) is 1.99. The summed E-state index contributed by atoms with van der Waals surface area (Å²) in [7, 11) is 1.61. The minimum absolute atomic E-state index is 0.0140. The van der Waals surface area contributed by atoms with Gasteiger partial charge in [-0.1, -0.05) is 18.2 Å². The molecule has 0 saturated heterocycles. The van der Waals surface area contributed by atoms with Gasteiger partial charge < -0.3 is 14.6 Å². The van der Waals surface area contributed by atoms with Gasteiger partial charge in [0.2, 0.25) is 5.91 Å². The Morgan fingerprint density at radius 2 is 2.25 bits per heavy atom. The van der Waals surface area contributed by atoms with Crippen LogP contribution in [0.3, 0.4) is 0 Å². The molecule has 0 fully saturated rings. The molecule has 1 N–H and O–H groups in total. The van der Waals surface area contributed by atoms with Crippen molar-refractivity contribution in [1.29, 1.82) is 0 Å². The van der Waals surface area contributed by atoms with Crippen molar-refractivity contribution in [3.63, 3.8) is 0 Å². The molecule has 20 heavy (non-hydrogen) atoms. The number of nitrogens with one attached hydrogen (secondary N) is 1. The Morgan fingerprint density at radius 1 is 1.40 bits per heavy atom. The Balaban J connectivity index is 1.72. The van der Waals surface area contributed by atoms with Gasteiger partial charge in [0.05, 0.1) is 19.9 Å². The summed E-state index contributed by atoms with van der Waals surface area (Å²) in [4.78, 5) is 15.8. The first-order valence-electron chi connectivity index (χ1n) is 6.64. The lowest BCUT2D eigenvalue weighted by atomic mass is 10.1. The summed E-state index contributed by atoms with van der Waals surface area (Å²) in [5, 5.41) is 2.92. The van der Waals surface area contributed by atoms with Gasteiger partial charge in [-0.3, -0.25) is 4.79 Å². The van der Waals surface area contributed by atoms with Gasteiger partial charge in [-0.15, -0.1) is 0 Å². The van der Waals surface area contributed by atoms with Crippen LogP contribution in [0.15, 0.2) is 43.0 Å². The predicted molar refractivity (Wildman–Crippen MR) is 76.6 cm³/mol. The summed E-state index contributed by atoms with van der Waals surface area (Å²) in [6.45, 7) is 1.51. The van der Waals surface area contributed by atoms with Crippen LogP contribution < -0.4 is 10.1 Å². The molecule has 0 atom stereocenters. The zero-order valence-electron chi connectivity index (χ0n) is 11.6. The molecule has 5 nitrogen and oxygen atoms in total. The zero-order valence-corrected chi connectivity index (χ0v) is 11.6. The van der Waals surface area contributed by atoms with Crippen LogP contribution in [0.1, 0.15) is 12.0 Å². The van der Waals surface area contributed by atoms with Crippen molar-refractivity contribution in [2.24, 2.45) is 0 Å². The average molecular weight is 273 g/mol. The molecule has 1 amide bonds. The van der Waals surface area contributed by atoms with Gasteiger partial charge >= 0.3 is 0 Å². The smallest absolute Gasteiger partial charge is 0.224 e. The van der Waals surface area contributed by atoms with Crippen molar-refractivity contribution in [2.75, 3.05) is 13.7 Å². The molecule has 0 aliphatic carbocycles. The number of rotatable bonds is 7. The van der Waals surface area contributed by atoms with Gasteiger partial charge in [-0.25, -0.2) is 4.98 Å². The molecule has 1 aromatic heterocycles. The molecule has 0 aliphatic heterocycles. The molecule has 1 heterocycles. The van der Waals surface area contributed by atoms with Crippen molar-refractivity contribution < 1.29 is 9.53 Å². The lowest BCUT2D eigenvalue weighted by molar-refractivity contribution is -0.120. The first kappa shape index (κ1) is 14.1. The molecule has 5 heteroatoms. The fourth-order valence-corrected chi connectivity index (χ4v) is 1.99. The van der Waals surface area contributed by atoms with E-state index in [9.17, 15) is 4.79 Å². The highest BCUT2D eigenvalue weighted by atomic mass is 16.5. The van der Waals surface area contributed by atoms with Crippen molar-refractivity contribution in [1.82, 2.24) is 14.9 Å². The molecule has 0 saturated carbocycles. The van der Waals surface area contributed by atoms with Crippen molar-refractivity contribution in [2.45, 2.75) is 19.4 Å². The second-order valence-corrected chi connectivity index (χ2v) is 4.49. The summed E-state index contributed by atoms with van der Waals surface area (Å²) in [5.74, 6) is 0.765. The van der Waals surface area contributed by atoms with Gasteiger partial charge in [-0.2, -0.15) is 0 Å².